The van der Waals surface area contributed by atoms with E-state index in [2.05, 4.69) is 9.82 Å². The van der Waals surface area contributed by atoms with Gasteiger partial charge in [-0.3, -0.25) is 42.5 Å². The minimum atomic E-state index is -3.33. The zero-order valence-electron chi connectivity index (χ0n) is 49.2. The number of benzene rings is 4. The van der Waals surface area contributed by atoms with Crippen LogP contribution in [-0.4, -0.2) is 118 Å². The minimum absolute atomic E-state index is 0. The fraction of sp³-hybridized carbons (Fsp3) is 0.509. The van der Waals surface area contributed by atoms with Crippen molar-refractivity contribution in [2.24, 2.45) is 17.8 Å². The van der Waals surface area contributed by atoms with Crippen LogP contribution in [0.1, 0.15) is 85.1 Å². The third-order valence-corrected chi connectivity index (χ3v) is 17.4. The summed E-state index contributed by atoms with van der Waals surface area (Å²) in [6.45, 7) is 22.7. The van der Waals surface area contributed by atoms with Gasteiger partial charge >= 0.3 is 39.1 Å². The maximum Gasteiger partial charge on any atom is 0.328 e. The molecule has 4 rings (SSSR count). The van der Waals surface area contributed by atoms with Crippen LogP contribution in [0.5, 0.6) is 0 Å². The van der Waals surface area contributed by atoms with Crippen molar-refractivity contribution in [3.05, 3.63) is 144 Å². The Morgan fingerprint density at radius 1 is 0.427 bits per heavy atom. The first-order chi connectivity index (χ1) is 37.8. The fourth-order valence-electron chi connectivity index (χ4n) is 6.56. The molecule has 0 aromatic heterocycles. The van der Waals surface area contributed by atoms with E-state index in [1.807, 2.05) is 121 Å². The number of ether oxygens (including phenoxy) is 4. The van der Waals surface area contributed by atoms with Crippen molar-refractivity contribution >= 4 is 61.1 Å². The Morgan fingerprint density at radius 3 is 1.01 bits per heavy atom. The molecule has 0 aliphatic rings. The first-order valence-corrected chi connectivity index (χ1v) is 37.2. The molecule has 8 atom stereocenters. The summed E-state index contributed by atoms with van der Waals surface area (Å²) in [6, 6.07) is 37.4. The van der Waals surface area contributed by atoms with Gasteiger partial charge < -0.3 is 51.4 Å². The van der Waals surface area contributed by atoms with Gasteiger partial charge in [0.25, 0.3) is 0 Å². The van der Waals surface area contributed by atoms with E-state index in [0.717, 1.165) is 22.3 Å². The van der Waals surface area contributed by atoms with E-state index < -0.39 is 73.0 Å². The Kier molecular flexibility index (Phi) is 41.2. The van der Waals surface area contributed by atoms with Crippen LogP contribution in [0.2, 0.25) is 0 Å². The Bertz CT molecular complexity index is 2560. The van der Waals surface area contributed by atoms with Crippen LogP contribution >= 0.6 is 37.2 Å². The third kappa shape index (κ3) is 42.4. The number of carbonyl (C=O) groups is 4. The van der Waals surface area contributed by atoms with Crippen LogP contribution in [0.15, 0.2) is 121 Å². The molecule has 8 unspecified atom stereocenters. The van der Waals surface area contributed by atoms with Crippen molar-refractivity contribution < 1.29 is 88.8 Å². The van der Waals surface area contributed by atoms with Crippen molar-refractivity contribution in [1.29, 1.82) is 0 Å². The topological polar surface area (TPSA) is 280 Å². The molecule has 0 fully saturated rings. The highest BCUT2D eigenvalue weighted by Crippen LogP contribution is 2.46. The predicted octanol–water partition coefficient (Wildman–Crippen LogP) is 12.9. The largest absolute Gasteiger partial charge is 0.466 e. The SMILES string of the molecule is C.CCOC(=O)C(C)CP(C)(=O)NC(C)C(=O)OCC.CCOC(=O)C(C)CP(C)(=O)O.CCOC(=O)C(C)CP(C)(=O)OCc1ccccc1.CP(=O)(O)OCc1ccccc1.CP(=O)(OCc1ccccc1)OCc1ccccc1. The van der Waals surface area contributed by atoms with Crippen LogP contribution < -0.4 is 5.09 Å². The highest BCUT2D eigenvalue weighted by atomic mass is 31.2. The molecule has 82 heavy (non-hydrogen) atoms. The van der Waals surface area contributed by atoms with Gasteiger partial charge in [0.05, 0.1) is 70.6 Å². The van der Waals surface area contributed by atoms with Crippen molar-refractivity contribution in [2.75, 3.05) is 78.2 Å². The zero-order valence-corrected chi connectivity index (χ0v) is 53.7. The molecule has 0 saturated heterocycles. The summed E-state index contributed by atoms with van der Waals surface area (Å²) in [5, 5.41) is 2.74. The molecule has 3 N–H and O–H groups in total. The summed E-state index contributed by atoms with van der Waals surface area (Å²) in [7, 11) is -15.1. The summed E-state index contributed by atoms with van der Waals surface area (Å²) in [5.74, 6) is -2.94. The Balaban J connectivity index is 0. The van der Waals surface area contributed by atoms with Crippen molar-refractivity contribution in [1.82, 2.24) is 5.09 Å². The highest BCUT2D eigenvalue weighted by molar-refractivity contribution is 7.61. The summed E-state index contributed by atoms with van der Waals surface area (Å²) in [6.07, 6.45) is 0.347. The maximum atomic E-state index is 12.3. The Morgan fingerprint density at radius 2 is 0.707 bits per heavy atom. The molecule has 0 amide bonds. The minimum Gasteiger partial charge on any atom is -0.466 e. The van der Waals surface area contributed by atoms with E-state index in [4.69, 9.17) is 42.1 Å². The molecule has 0 aliphatic heterocycles. The van der Waals surface area contributed by atoms with Crippen molar-refractivity contribution in [3.8, 4) is 0 Å². The van der Waals surface area contributed by atoms with Gasteiger partial charge in [-0.2, -0.15) is 0 Å². The Hall–Kier alpha value is -4.37. The zero-order chi connectivity index (χ0) is 61.7. The Labute approximate surface area is 487 Å². The third-order valence-electron chi connectivity index (χ3n) is 10.3. The number of nitrogens with one attached hydrogen (secondary N) is 1. The van der Waals surface area contributed by atoms with Gasteiger partial charge in [0.2, 0.25) is 7.37 Å². The second-order valence-corrected chi connectivity index (χ2v) is 30.8. The average molecular weight is 1250 g/mol. The maximum absolute atomic E-state index is 12.3. The smallest absolute Gasteiger partial charge is 0.328 e. The van der Waals surface area contributed by atoms with Gasteiger partial charge in [-0.1, -0.05) is 150 Å². The highest BCUT2D eigenvalue weighted by Gasteiger charge is 2.29. The monoisotopic (exact) mass is 1250 g/mol. The second-order valence-electron chi connectivity index (χ2n) is 18.9. The lowest BCUT2D eigenvalue weighted by Crippen LogP contribution is -2.35. The summed E-state index contributed by atoms with van der Waals surface area (Å²) >= 11 is 0. The van der Waals surface area contributed by atoms with E-state index in [0.29, 0.717) is 39.6 Å². The molecule has 20 nitrogen and oxygen atoms in total. The average Bonchev–Trinajstić information content (AvgIpc) is 3.40. The van der Waals surface area contributed by atoms with Gasteiger partial charge in [0.15, 0.2) is 7.37 Å². The molecule has 0 saturated carbocycles. The number of carbonyl (C=O) groups excluding carboxylic acids is 4. The van der Waals surface area contributed by atoms with Crippen LogP contribution in [-0.2, 0) is 105 Å². The van der Waals surface area contributed by atoms with Crippen LogP contribution in [0, 0.1) is 17.8 Å². The van der Waals surface area contributed by atoms with Gasteiger partial charge in [-0.25, -0.2) is 0 Å². The predicted molar refractivity (Wildman–Crippen MR) is 325 cm³/mol. The van der Waals surface area contributed by atoms with Gasteiger partial charge in [-0.05, 0) is 56.9 Å². The number of hydrogen-bond acceptors (Lipinski definition) is 17. The van der Waals surface area contributed by atoms with Crippen LogP contribution in [0.25, 0.3) is 0 Å². The normalized spacial score (nSPS) is 15.1. The lowest BCUT2D eigenvalue weighted by Gasteiger charge is -2.21. The van der Waals surface area contributed by atoms with E-state index >= 15 is 0 Å². The number of rotatable bonds is 28. The van der Waals surface area contributed by atoms with Crippen LogP contribution in [0.3, 0.4) is 0 Å². The second kappa shape index (κ2) is 42.4. The molecule has 0 spiro atoms. The van der Waals surface area contributed by atoms with Crippen molar-refractivity contribution in [3.63, 3.8) is 0 Å². The van der Waals surface area contributed by atoms with E-state index in [1.165, 1.54) is 26.7 Å². The lowest BCUT2D eigenvalue weighted by atomic mass is 10.2. The summed E-state index contributed by atoms with van der Waals surface area (Å²) in [4.78, 5) is 63.2. The van der Waals surface area contributed by atoms with E-state index in [1.54, 1.807) is 62.1 Å². The quantitative estimate of drug-likeness (QED) is 0.0271. The molecule has 0 radical (unpaired) electrons. The van der Waals surface area contributed by atoms with Crippen LogP contribution in [0.4, 0.5) is 0 Å². The van der Waals surface area contributed by atoms with Gasteiger partial charge in [0, 0.05) is 51.8 Å². The van der Waals surface area contributed by atoms with E-state index in [-0.39, 0.29) is 51.1 Å². The van der Waals surface area contributed by atoms with E-state index in [9.17, 15) is 42.0 Å². The lowest BCUT2D eigenvalue weighted by molar-refractivity contribution is -0.147. The number of hydrogen-bond donors (Lipinski definition) is 3. The molecular formula is C57H92NO19P5. The first-order valence-electron chi connectivity index (χ1n) is 26.3. The molecule has 25 heteroatoms. The standard InChI is InChI=1S/C15H17O3P.C14H21O4P.C12H24NO5P.C8H11O3P.C7H15O4P.CH4/c1-19(16,17-12-14-8-4-2-5-9-14)18-13-15-10-6-3-7-11-15;1-4-17-14(15)12(2)11-19(3,16)18-10-13-8-6-5-7-9-13;1-6-17-11(14)9(3)8-19(5,16)13-10(4)12(15)18-7-2;1-12(9,10)11-7-8-5-3-2-4-6-8;1-4-11-7(8)6(2)5-12(3,9)10;/h2-11H,12-13H2,1H3;5-9,12H,4,10-11H2,1-3H3;9-10H,6-8H2,1-5H3,(H,13,16);2-6H,7H2,1H3,(H,9,10);6H,4-5H2,1-3H3,(H,9,10);1H4. The van der Waals surface area contributed by atoms with Gasteiger partial charge in [0.1, 0.15) is 13.3 Å². The molecule has 0 heterocycles. The number of esters is 4. The molecule has 464 valence electrons. The van der Waals surface area contributed by atoms with Gasteiger partial charge in [-0.15, -0.1) is 0 Å². The summed E-state index contributed by atoms with van der Waals surface area (Å²) < 4.78 is 98.5. The first kappa shape index (κ1) is 79.7. The molecule has 4 aromatic carbocycles. The molecule has 4 aromatic rings. The molecular weight excluding hydrogens is 1160 g/mol. The summed E-state index contributed by atoms with van der Waals surface area (Å²) in [5.41, 5.74) is 3.82. The fourth-order valence-corrected chi connectivity index (χ4v) is 12.9. The van der Waals surface area contributed by atoms with Crippen molar-refractivity contribution in [2.45, 2.75) is 95.3 Å². The molecule has 0 bridgehead atoms. The molecule has 0 aliphatic carbocycles.